The van der Waals surface area contributed by atoms with Gasteiger partial charge in [-0.2, -0.15) is 13.2 Å². The van der Waals surface area contributed by atoms with Gasteiger partial charge < -0.3 is 10.6 Å². The number of anilines is 1. The van der Waals surface area contributed by atoms with Crippen molar-refractivity contribution < 1.29 is 22.9 Å². The molecule has 0 aliphatic carbocycles. The quantitative estimate of drug-likeness (QED) is 0.643. The van der Waals surface area contributed by atoms with Gasteiger partial charge in [-0.3, -0.25) is 19.9 Å². The predicted octanol–water partition coefficient (Wildman–Crippen LogP) is 2.54. The minimum absolute atomic E-state index is 0.155. The van der Waals surface area contributed by atoms with Crippen molar-refractivity contribution in [1.29, 1.82) is 0 Å². The molecule has 2 rings (SSSR count). The molecule has 0 fully saturated rings. The molecule has 1 heterocycles. The van der Waals surface area contributed by atoms with E-state index in [9.17, 15) is 28.1 Å². The highest BCUT2D eigenvalue weighted by Gasteiger charge is 2.27. The fourth-order valence-electron chi connectivity index (χ4n) is 2.04. The van der Waals surface area contributed by atoms with Crippen molar-refractivity contribution in [3.63, 3.8) is 0 Å². The summed E-state index contributed by atoms with van der Waals surface area (Å²) in [6, 6.07) is 5.62. The third-order valence-corrected chi connectivity index (χ3v) is 3.06. The van der Waals surface area contributed by atoms with E-state index in [0.29, 0.717) is 22.3 Å². The number of pyridine rings is 1. The van der Waals surface area contributed by atoms with Crippen LogP contribution >= 0.6 is 0 Å². The third-order valence-electron chi connectivity index (χ3n) is 3.06. The van der Waals surface area contributed by atoms with E-state index in [2.05, 4.69) is 10.3 Å². The Hall–Kier alpha value is -2.91. The molecule has 0 spiro atoms. The van der Waals surface area contributed by atoms with E-state index in [1.807, 2.05) is 0 Å². The van der Waals surface area contributed by atoms with Crippen molar-refractivity contribution in [3.05, 3.63) is 40.1 Å². The zero-order chi connectivity index (χ0) is 17.9. The van der Waals surface area contributed by atoms with Gasteiger partial charge in [0, 0.05) is 28.9 Å². The lowest BCUT2D eigenvalue weighted by Gasteiger charge is -2.12. The van der Waals surface area contributed by atoms with Crippen LogP contribution in [0.4, 0.5) is 24.5 Å². The maximum Gasteiger partial charge on any atom is 0.405 e. The second kappa shape index (κ2) is 6.69. The van der Waals surface area contributed by atoms with Crippen LogP contribution in [-0.4, -0.2) is 35.1 Å². The third kappa shape index (κ3) is 4.54. The minimum Gasteiger partial charge on any atom is -0.376 e. The van der Waals surface area contributed by atoms with Crippen LogP contribution in [0.1, 0.15) is 5.69 Å². The van der Waals surface area contributed by atoms with Gasteiger partial charge in [-0.05, 0) is 19.1 Å². The van der Waals surface area contributed by atoms with Crippen LogP contribution in [0.25, 0.3) is 10.9 Å². The van der Waals surface area contributed by atoms with Crippen LogP contribution in [0.3, 0.4) is 0 Å². The lowest BCUT2D eigenvalue weighted by atomic mass is 10.1. The maximum absolute atomic E-state index is 12.1. The maximum atomic E-state index is 12.1. The van der Waals surface area contributed by atoms with E-state index in [1.165, 1.54) is 18.2 Å². The molecule has 2 aromatic rings. The van der Waals surface area contributed by atoms with Crippen molar-refractivity contribution in [1.82, 2.24) is 10.3 Å². The average Bonchev–Trinajstić information content (AvgIpc) is 2.49. The molecular weight excluding hydrogens is 329 g/mol. The number of amides is 1. The Bertz CT molecular complexity index is 793. The first-order chi connectivity index (χ1) is 11.2. The van der Waals surface area contributed by atoms with Crippen LogP contribution < -0.4 is 10.6 Å². The van der Waals surface area contributed by atoms with E-state index in [0.717, 1.165) is 0 Å². The molecule has 0 aliphatic rings. The standard InChI is InChI=1S/C14H13F3N4O3/c1-8-4-12(18-6-13(22)19-7-14(15,16)17)10-5-9(21(23)24)2-3-11(10)20-8/h2-5H,6-7H2,1H3,(H,18,20)(H,19,22). The second-order valence-corrected chi connectivity index (χ2v) is 5.02. The lowest BCUT2D eigenvalue weighted by molar-refractivity contribution is -0.384. The van der Waals surface area contributed by atoms with Crippen LogP contribution in [-0.2, 0) is 4.79 Å². The number of halogens is 3. The number of nitro groups is 1. The second-order valence-electron chi connectivity index (χ2n) is 5.02. The fourth-order valence-corrected chi connectivity index (χ4v) is 2.04. The van der Waals surface area contributed by atoms with E-state index in [1.54, 1.807) is 18.3 Å². The number of nitrogens with zero attached hydrogens (tertiary/aromatic N) is 2. The molecule has 10 heteroatoms. The number of alkyl halides is 3. The number of aryl methyl sites for hydroxylation is 1. The fraction of sp³-hybridized carbons (Fsp3) is 0.286. The topological polar surface area (TPSA) is 97.2 Å². The largest absolute Gasteiger partial charge is 0.405 e. The van der Waals surface area contributed by atoms with Crippen molar-refractivity contribution in [2.24, 2.45) is 0 Å². The predicted molar refractivity (Wildman–Crippen MR) is 80.7 cm³/mol. The van der Waals surface area contributed by atoms with Crippen LogP contribution in [0.2, 0.25) is 0 Å². The van der Waals surface area contributed by atoms with Gasteiger partial charge in [-0.1, -0.05) is 0 Å². The summed E-state index contributed by atoms with van der Waals surface area (Å²) >= 11 is 0. The van der Waals surface area contributed by atoms with Gasteiger partial charge in [0.2, 0.25) is 5.91 Å². The Morgan fingerprint density at radius 2 is 2.04 bits per heavy atom. The molecule has 2 N–H and O–H groups in total. The molecule has 0 saturated carbocycles. The molecule has 7 nitrogen and oxygen atoms in total. The summed E-state index contributed by atoms with van der Waals surface area (Å²) in [5.41, 5.74) is 1.29. The average molecular weight is 342 g/mol. The van der Waals surface area contributed by atoms with E-state index < -0.39 is 30.1 Å². The molecule has 0 bridgehead atoms. The van der Waals surface area contributed by atoms with Gasteiger partial charge in [-0.15, -0.1) is 0 Å². The Morgan fingerprint density at radius 3 is 2.67 bits per heavy atom. The highest BCUT2D eigenvalue weighted by Crippen LogP contribution is 2.27. The summed E-state index contributed by atoms with van der Waals surface area (Å²) in [6.07, 6.45) is -4.49. The van der Waals surface area contributed by atoms with Gasteiger partial charge in [0.05, 0.1) is 17.0 Å². The molecule has 0 unspecified atom stereocenters. The lowest BCUT2D eigenvalue weighted by Crippen LogP contribution is -2.37. The summed E-state index contributed by atoms with van der Waals surface area (Å²) < 4.78 is 36.2. The molecule has 0 radical (unpaired) electrons. The number of nitro benzene ring substituents is 1. The number of aromatic nitrogens is 1. The van der Waals surface area contributed by atoms with Crippen molar-refractivity contribution >= 4 is 28.2 Å². The molecular formula is C14H13F3N4O3. The molecule has 1 aromatic heterocycles. The molecule has 1 amide bonds. The first-order valence-corrected chi connectivity index (χ1v) is 6.79. The molecule has 0 atom stereocenters. The molecule has 0 saturated heterocycles. The molecule has 128 valence electrons. The first-order valence-electron chi connectivity index (χ1n) is 6.79. The number of hydrogen-bond donors (Lipinski definition) is 2. The van der Waals surface area contributed by atoms with E-state index in [-0.39, 0.29) is 5.69 Å². The van der Waals surface area contributed by atoms with Crippen molar-refractivity contribution in [3.8, 4) is 0 Å². The van der Waals surface area contributed by atoms with Crippen LogP contribution in [0, 0.1) is 17.0 Å². The highest BCUT2D eigenvalue weighted by molar-refractivity contribution is 5.94. The molecule has 1 aromatic carbocycles. The van der Waals surface area contributed by atoms with Gasteiger partial charge in [0.25, 0.3) is 5.69 Å². The summed E-state index contributed by atoms with van der Waals surface area (Å²) in [7, 11) is 0. The van der Waals surface area contributed by atoms with Crippen molar-refractivity contribution in [2.75, 3.05) is 18.4 Å². The van der Waals surface area contributed by atoms with E-state index >= 15 is 0 Å². The normalized spacial score (nSPS) is 11.3. The van der Waals surface area contributed by atoms with Gasteiger partial charge in [0.15, 0.2) is 0 Å². The zero-order valence-corrected chi connectivity index (χ0v) is 12.5. The number of rotatable bonds is 5. The Labute approximate surface area is 134 Å². The summed E-state index contributed by atoms with van der Waals surface area (Å²) in [5, 5.41) is 15.7. The number of non-ortho nitro benzene ring substituents is 1. The summed E-state index contributed by atoms with van der Waals surface area (Å²) in [6.45, 7) is -0.137. The van der Waals surface area contributed by atoms with Gasteiger partial charge >= 0.3 is 6.18 Å². The highest BCUT2D eigenvalue weighted by atomic mass is 19.4. The zero-order valence-electron chi connectivity index (χ0n) is 12.5. The minimum atomic E-state index is -4.49. The van der Waals surface area contributed by atoms with Gasteiger partial charge in [0.1, 0.15) is 6.54 Å². The first kappa shape index (κ1) is 17.4. The molecule has 0 aliphatic heterocycles. The molecule has 24 heavy (non-hydrogen) atoms. The summed E-state index contributed by atoms with van der Waals surface area (Å²) in [4.78, 5) is 26.0. The number of benzene rings is 1. The number of carbonyl (C=O) groups is 1. The smallest absolute Gasteiger partial charge is 0.376 e. The van der Waals surface area contributed by atoms with Crippen molar-refractivity contribution in [2.45, 2.75) is 13.1 Å². The Kier molecular flexibility index (Phi) is 4.86. The number of hydrogen-bond acceptors (Lipinski definition) is 5. The van der Waals surface area contributed by atoms with Gasteiger partial charge in [-0.25, -0.2) is 0 Å². The SMILES string of the molecule is Cc1cc(NCC(=O)NCC(F)(F)F)c2cc([N+](=O)[O-])ccc2n1. The Balaban J connectivity index is 2.19. The van der Waals surface area contributed by atoms with E-state index in [4.69, 9.17) is 0 Å². The summed E-state index contributed by atoms with van der Waals surface area (Å²) in [5.74, 6) is -0.847. The number of fused-ring (bicyclic) bond motifs is 1. The Morgan fingerprint density at radius 1 is 1.33 bits per heavy atom. The monoisotopic (exact) mass is 342 g/mol. The number of carbonyl (C=O) groups excluding carboxylic acids is 1. The number of nitrogens with one attached hydrogen (secondary N) is 2. The van der Waals surface area contributed by atoms with Crippen LogP contribution in [0.5, 0.6) is 0 Å². The van der Waals surface area contributed by atoms with Crippen LogP contribution in [0.15, 0.2) is 24.3 Å².